The number of rotatable bonds is 2. The van der Waals surface area contributed by atoms with Gasteiger partial charge in [0.1, 0.15) is 6.10 Å². The van der Waals surface area contributed by atoms with Crippen molar-refractivity contribution in [3.63, 3.8) is 0 Å². The molecular weight excluding hydrogens is 268 g/mol. The summed E-state index contributed by atoms with van der Waals surface area (Å²) in [5.74, 6) is -0.0139. The molecule has 0 spiro atoms. The van der Waals surface area contributed by atoms with Gasteiger partial charge in [0.05, 0.1) is 5.60 Å². The maximum Gasteiger partial charge on any atom is 0.302 e. The van der Waals surface area contributed by atoms with Gasteiger partial charge in [0.2, 0.25) is 0 Å². The summed E-state index contributed by atoms with van der Waals surface area (Å²) in [6.45, 7) is 9.84. The van der Waals surface area contributed by atoms with E-state index in [1.807, 2.05) is 6.92 Å². The Labute approximate surface area is 127 Å². The highest BCUT2D eigenvalue weighted by atomic mass is 16.5. The molecule has 0 radical (unpaired) electrons. The van der Waals surface area contributed by atoms with Gasteiger partial charge in [-0.25, -0.2) is 0 Å². The average molecular weight is 298 g/mol. The Morgan fingerprint density at radius 1 is 1.19 bits per heavy atom. The topological polar surface area (TPSA) is 66.8 Å². The van der Waals surface area contributed by atoms with Crippen LogP contribution in [0.25, 0.3) is 0 Å². The lowest BCUT2D eigenvalue weighted by atomic mass is 9.45. The van der Waals surface area contributed by atoms with Gasteiger partial charge in [0.25, 0.3) is 0 Å². The van der Waals surface area contributed by atoms with Crippen LogP contribution in [0, 0.1) is 22.7 Å². The summed E-state index contributed by atoms with van der Waals surface area (Å²) in [6.07, 6.45) is 3.20. The minimum Gasteiger partial charge on any atom is -0.462 e. The molecule has 21 heavy (non-hydrogen) atoms. The molecule has 2 saturated carbocycles. The first-order valence-corrected chi connectivity index (χ1v) is 8.06. The quantitative estimate of drug-likeness (QED) is 0.769. The lowest BCUT2D eigenvalue weighted by Crippen LogP contribution is -2.61. The zero-order valence-electron chi connectivity index (χ0n) is 14.0. The monoisotopic (exact) mass is 298 g/mol. The maximum absolute atomic E-state index is 11.4. The molecule has 0 aliphatic heterocycles. The van der Waals surface area contributed by atoms with Crippen molar-refractivity contribution in [2.24, 2.45) is 22.7 Å². The van der Waals surface area contributed by atoms with Crippen LogP contribution < -0.4 is 0 Å². The van der Waals surface area contributed by atoms with E-state index in [4.69, 9.17) is 4.74 Å². The van der Waals surface area contributed by atoms with E-state index < -0.39 is 5.60 Å². The molecule has 4 heteroatoms. The van der Waals surface area contributed by atoms with E-state index in [-0.39, 0.29) is 35.4 Å². The first-order chi connectivity index (χ1) is 9.55. The minimum absolute atomic E-state index is 0.00825. The first-order valence-electron chi connectivity index (χ1n) is 8.06. The van der Waals surface area contributed by atoms with Gasteiger partial charge in [0, 0.05) is 24.9 Å². The molecule has 0 amide bonds. The van der Waals surface area contributed by atoms with E-state index in [1.165, 1.54) is 6.92 Å². The predicted molar refractivity (Wildman–Crippen MR) is 80.6 cm³/mol. The minimum atomic E-state index is -0.815. The van der Waals surface area contributed by atoms with E-state index in [0.29, 0.717) is 12.3 Å². The van der Waals surface area contributed by atoms with Crippen LogP contribution in [-0.4, -0.2) is 34.5 Å². The van der Waals surface area contributed by atoms with Gasteiger partial charge in [-0.2, -0.15) is 0 Å². The van der Waals surface area contributed by atoms with Gasteiger partial charge in [-0.05, 0) is 43.9 Å². The SMILES string of the molecule is CC(=O)OC1CCC2(C)C(CO)C(C)(O)CCC2C1(C)C. The highest BCUT2D eigenvalue weighted by Gasteiger charge is 2.60. The Morgan fingerprint density at radius 2 is 1.81 bits per heavy atom. The zero-order valence-corrected chi connectivity index (χ0v) is 14.0. The molecule has 5 unspecified atom stereocenters. The zero-order chi connectivity index (χ0) is 16.1. The lowest BCUT2D eigenvalue weighted by molar-refractivity contribution is -0.212. The molecule has 0 aromatic heterocycles. The number of aliphatic hydroxyl groups is 2. The number of fused-ring (bicyclic) bond motifs is 1. The fraction of sp³-hybridized carbons (Fsp3) is 0.941. The molecule has 2 rings (SSSR count). The number of hydrogen-bond acceptors (Lipinski definition) is 4. The number of aliphatic hydroxyl groups excluding tert-OH is 1. The van der Waals surface area contributed by atoms with E-state index in [1.54, 1.807) is 0 Å². The maximum atomic E-state index is 11.4. The Morgan fingerprint density at radius 3 is 2.33 bits per heavy atom. The molecule has 2 fully saturated rings. The van der Waals surface area contributed by atoms with Crippen molar-refractivity contribution in [2.75, 3.05) is 6.61 Å². The number of carbonyl (C=O) groups is 1. The third-order valence-corrected chi connectivity index (χ3v) is 6.45. The number of esters is 1. The molecule has 2 aliphatic carbocycles. The summed E-state index contributed by atoms with van der Waals surface area (Å²) in [5, 5.41) is 20.5. The van der Waals surface area contributed by atoms with Crippen LogP contribution in [0.15, 0.2) is 0 Å². The summed E-state index contributed by atoms with van der Waals surface area (Å²) < 4.78 is 5.56. The number of ether oxygens (including phenoxy) is 1. The van der Waals surface area contributed by atoms with Crippen LogP contribution in [0.4, 0.5) is 0 Å². The second kappa shape index (κ2) is 5.24. The van der Waals surface area contributed by atoms with Crippen LogP contribution >= 0.6 is 0 Å². The van der Waals surface area contributed by atoms with E-state index in [9.17, 15) is 15.0 Å². The van der Waals surface area contributed by atoms with Crippen molar-refractivity contribution in [3.05, 3.63) is 0 Å². The highest BCUT2D eigenvalue weighted by molar-refractivity contribution is 5.66. The van der Waals surface area contributed by atoms with Gasteiger partial charge in [-0.1, -0.05) is 20.8 Å². The molecule has 5 atom stereocenters. The third kappa shape index (κ3) is 2.61. The lowest BCUT2D eigenvalue weighted by Gasteiger charge is -2.62. The van der Waals surface area contributed by atoms with Crippen molar-refractivity contribution in [2.45, 2.75) is 72.0 Å². The first kappa shape index (κ1) is 16.8. The summed E-state index contributed by atoms with van der Waals surface area (Å²) in [5.41, 5.74) is -1.07. The largest absolute Gasteiger partial charge is 0.462 e. The fourth-order valence-corrected chi connectivity index (χ4v) is 5.32. The second-order valence-electron chi connectivity index (χ2n) is 8.15. The van der Waals surface area contributed by atoms with Gasteiger partial charge in [-0.15, -0.1) is 0 Å². The van der Waals surface area contributed by atoms with Crippen molar-refractivity contribution in [3.8, 4) is 0 Å². The molecule has 2 N–H and O–H groups in total. The fourth-order valence-electron chi connectivity index (χ4n) is 5.32. The van der Waals surface area contributed by atoms with Crippen LogP contribution in [0.5, 0.6) is 0 Å². The van der Waals surface area contributed by atoms with E-state index in [2.05, 4.69) is 20.8 Å². The Balaban J connectivity index is 2.34. The van der Waals surface area contributed by atoms with Crippen LogP contribution in [0.3, 0.4) is 0 Å². The predicted octanol–water partition coefficient (Wildman–Crippen LogP) is 2.51. The van der Waals surface area contributed by atoms with Crippen LogP contribution in [0.1, 0.15) is 60.3 Å². The number of carbonyl (C=O) groups excluding carboxylic acids is 1. The highest BCUT2D eigenvalue weighted by Crippen LogP contribution is 2.62. The summed E-state index contributed by atoms with van der Waals surface area (Å²) in [6, 6.07) is 0. The smallest absolute Gasteiger partial charge is 0.302 e. The molecule has 2 aliphatic rings. The molecule has 122 valence electrons. The van der Waals surface area contributed by atoms with Gasteiger partial charge in [0.15, 0.2) is 0 Å². The molecule has 0 aromatic rings. The average Bonchev–Trinajstić information content (AvgIpc) is 2.31. The molecule has 0 bridgehead atoms. The van der Waals surface area contributed by atoms with Crippen molar-refractivity contribution >= 4 is 5.97 Å². The van der Waals surface area contributed by atoms with Gasteiger partial charge in [-0.3, -0.25) is 4.79 Å². The molecule has 0 heterocycles. The molecule has 4 nitrogen and oxygen atoms in total. The van der Waals surface area contributed by atoms with Crippen molar-refractivity contribution in [1.29, 1.82) is 0 Å². The number of hydrogen-bond donors (Lipinski definition) is 2. The summed E-state index contributed by atoms with van der Waals surface area (Å²) in [7, 11) is 0. The Hall–Kier alpha value is -0.610. The van der Waals surface area contributed by atoms with Crippen LogP contribution in [-0.2, 0) is 9.53 Å². The third-order valence-electron chi connectivity index (χ3n) is 6.45. The molecule has 0 aromatic carbocycles. The Kier molecular flexibility index (Phi) is 4.18. The van der Waals surface area contributed by atoms with Crippen molar-refractivity contribution in [1.82, 2.24) is 0 Å². The molecule has 0 saturated heterocycles. The normalized spacial score (nSPS) is 45.8. The summed E-state index contributed by atoms with van der Waals surface area (Å²) in [4.78, 5) is 11.4. The Bertz CT molecular complexity index is 415. The standard InChI is InChI=1S/C17H30O4/c1-11(19)21-14-7-8-16(4)12(15(14,2)3)6-9-17(5,20)13(16)10-18/h12-14,18,20H,6-10H2,1-5H3. The van der Waals surface area contributed by atoms with Crippen LogP contribution in [0.2, 0.25) is 0 Å². The van der Waals surface area contributed by atoms with Gasteiger partial charge < -0.3 is 14.9 Å². The van der Waals surface area contributed by atoms with Crippen molar-refractivity contribution < 1.29 is 19.7 Å². The van der Waals surface area contributed by atoms with Gasteiger partial charge >= 0.3 is 5.97 Å². The molecular formula is C17H30O4. The van der Waals surface area contributed by atoms with E-state index >= 15 is 0 Å². The summed E-state index contributed by atoms with van der Waals surface area (Å²) >= 11 is 0. The van der Waals surface area contributed by atoms with E-state index in [0.717, 1.165) is 19.3 Å². The second-order valence-corrected chi connectivity index (χ2v) is 8.15.